The molecule has 6 nitrogen and oxygen atoms in total. The normalized spacial score (nSPS) is 11.0. The number of hydrogen-bond donors (Lipinski definition) is 2. The van der Waals surface area contributed by atoms with Crippen molar-refractivity contribution >= 4 is 34.0 Å². The topological polar surface area (TPSA) is 71.8 Å². The van der Waals surface area contributed by atoms with Crippen LogP contribution in [0.15, 0.2) is 67.0 Å². The van der Waals surface area contributed by atoms with Crippen molar-refractivity contribution in [3.8, 4) is 0 Å². The van der Waals surface area contributed by atoms with E-state index in [0.29, 0.717) is 23.0 Å². The van der Waals surface area contributed by atoms with Gasteiger partial charge in [-0.2, -0.15) is 5.10 Å². The summed E-state index contributed by atoms with van der Waals surface area (Å²) in [4.78, 5) is 17.1. The summed E-state index contributed by atoms with van der Waals surface area (Å²) in [7, 11) is 1.91. The molecule has 2 aromatic heterocycles. The maximum Gasteiger partial charge on any atom is 0.255 e. The molecule has 2 N–H and O–H groups in total. The van der Waals surface area contributed by atoms with Crippen LogP contribution in [0, 0.1) is 0 Å². The van der Waals surface area contributed by atoms with Crippen LogP contribution in [0.4, 0.5) is 17.2 Å². The summed E-state index contributed by atoms with van der Waals surface area (Å²) in [5.74, 6) is 0.845. The number of pyridine rings is 1. The van der Waals surface area contributed by atoms with E-state index >= 15 is 0 Å². The highest BCUT2D eigenvalue weighted by molar-refractivity contribution is 6.05. The van der Waals surface area contributed by atoms with Crippen molar-refractivity contribution in [2.75, 3.05) is 10.6 Å². The molecule has 1 amide bonds. The Hall–Kier alpha value is -3.67. The highest BCUT2D eigenvalue weighted by Crippen LogP contribution is 2.26. The molecule has 0 aliphatic heterocycles. The molecule has 2 aromatic carbocycles. The van der Waals surface area contributed by atoms with Gasteiger partial charge < -0.3 is 10.6 Å². The van der Waals surface area contributed by atoms with Gasteiger partial charge in [0, 0.05) is 29.9 Å². The van der Waals surface area contributed by atoms with Crippen molar-refractivity contribution in [2.24, 2.45) is 7.05 Å². The molecule has 4 aromatic rings. The van der Waals surface area contributed by atoms with Crippen molar-refractivity contribution in [1.29, 1.82) is 0 Å². The largest absolute Gasteiger partial charge is 0.338 e. The number of fused-ring (bicyclic) bond motifs is 1. The third-order valence-corrected chi connectivity index (χ3v) is 4.91. The molecule has 0 aliphatic carbocycles. The molecule has 0 spiro atoms. The molecule has 2 heterocycles. The van der Waals surface area contributed by atoms with Gasteiger partial charge >= 0.3 is 0 Å². The van der Waals surface area contributed by atoms with E-state index in [4.69, 9.17) is 0 Å². The zero-order chi connectivity index (χ0) is 20.4. The third-order valence-electron chi connectivity index (χ3n) is 4.91. The fourth-order valence-electron chi connectivity index (χ4n) is 3.18. The van der Waals surface area contributed by atoms with Crippen LogP contribution in [0.1, 0.15) is 35.7 Å². The first kappa shape index (κ1) is 18.7. The third kappa shape index (κ3) is 3.96. The van der Waals surface area contributed by atoms with Crippen molar-refractivity contribution < 1.29 is 4.79 Å². The summed E-state index contributed by atoms with van der Waals surface area (Å²) in [5.41, 5.74) is 4.32. The van der Waals surface area contributed by atoms with Gasteiger partial charge in [-0.15, -0.1) is 0 Å². The highest BCUT2D eigenvalue weighted by Gasteiger charge is 2.11. The lowest BCUT2D eigenvalue weighted by Gasteiger charge is -2.13. The van der Waals surface area contributed by atoms with Gasteiger partial charge in [0.2, 0.25) is 0 Å². The average molecular weight is 385 g/mol. The molecule has 0 aliphatic rings. The van der Waals surface area contributed by atoms with Gasteiger partial charge in [0.05, 0.1) is 17.4 Å². The van der Waals surface area contributed by atoms with E-state index in [1.54, 1.807) is 12.3 Å². The van der Waals surface area contributed by atoms with Gasteiger partial charge in [0.15, 0.2) is 5.82 Å². The second-order valence-electron chi connectivity index (χ2n) is 7.30. The molecule has 0 bridgehead atoms. The minimum absolute atomic E-state index is 0.168. The lowest BCUT2D eigenvalue weighted by molar-refractivity contribution is 0.102. The van der Waals surface area contributed by atoms with E-state index in [9.17, 15) is 4.79 Å². The molecule has 0 unspecified atom stereocenters. The Morgan fingerprint density at radius 2 is 1.86 bits per heavy atom. The predicted octanol–water partition coefficient (Wildman–Crippen LogP) is 5.09. The first-order valence-corrected chi connectivity index (χ1v) is 9.56. The van der Waals surface area contributed by atoms with Crippen LogP contribution in [0.25, 0.3) is 10.9 Å². The number of carbonyl (C=O) groups excluding carboxylic acids is 1. The Balaban J connectivity index is 1.55. The van der Waals surface area contributed by atoms with Gasteiger partial charge in [0.1, 0.15) is 0 Å². The van der Waals surface area contributed by atoms with Crippen LogP contribution < -0.4 is 10.6 Å². The maximum absolute atomic E-state index is 12.7. The van der Waals surface area contributed by atoms with E-state index in [1.807, 2.05) is 66.5 Å². The zero-order valence-corrected chi connectivity index (χ0v) is 16.7. The number of nitrogens with zero attached hydrogens (tertiary/aromatic N) is 3. The quantitative estimate of drug-likeness (QED) is 0.502. The molecular formula is C23H23N5O. The number of anilines is 3. The fourth-order valence-corrected chi connectivity index (χ4v) is 3.18. The standard InChI is InChI=1S/C23H23N5O/c1-15(2)16-6-8-17(9-7-16)23(29)27-20-5-4-12-24-22(20)26-19-11-10-18-14-25-28(3)21(18)13-19/h4-15H,1-3H3,(H,24,26)(H,27,29). The lowest BCUT2D eigenvalue weighted by atomic mass is 10.0. The van der Waals surface area contributed by atoms with Gasteiger partial charge in [-0.05, 0) is 53.9 Å². The minimum Gasteiger partial charge on any atom is -0.338 e. The number of carbonyl (C=O) groups is 1. The monoisotopic (exact) mass is 385 g/mol. The summed E-state index contributed by atoms with van der Waals surface area (Å²) in [6.07, 6.45) is 3.52. The van der Waals surface area contributed by atoms with E-state index < -0.39 is 0 Å². The van der Waals surface area contributed by atoms with Crippen molar-refractivity contribution in [2.45, 2.75) is 19.8 Å². The van der Waals surface area contributed by atoms with E-state index in [-0.39, 0.29) is 5.91 Å². The van der Waals surface area contributed by atoms with Gasteiger partial charge in [-0.1, -0.05) is 26.0 Å². The Bertz CT molecular complexity index is 1160. The van der Waals surface area contributed by atoms with Crippen LogP contribution in [0.5, 0.6) is 0 Å². The molecular weight excluding hydrogens is 362 g/mol. The molecule has 0 saturated carbocycles. The average Bonchev–Trinajstić information content (AvgIpc) is 3.10. The zero-order valence-electron chi connectivity index (χ0n) is 16.7. The molecule has 4 rings (SSSR count). The fraction of sp³-hybridized carbons (Fsp3) is 0.174. The molecule has 0 radical (unpaired) electrons. The molecule has 29 heavy (non-hydrogen) atoms. The maximum atomic E-state index is 12.7. The Morgan fingerprint density at radius 1 is 1.07 bits per heavy atom. The van der Waals surface area contributed by atoms with Gasteiger partial charge in [-0.3, -0.25) is 9.48 Å². The second kappa shape index (κ2) is 7.75. The Kier molecular flexibility index (Phi) is 4.99. The number of aryl methyl sites for hydroxylation is 1. The molecule has 6 heteroatoms. The molecule has 0 atom stereocenters. The highest BCUT2D eigenvalue weighted by atomic mass is 16.1. The number of nitrogens with one attached hydrogen (secondary N) is 2. The number of hydrogen-bond acceptors (Lipinski definition) is 4. The summed E-state index contributed by atoms with van der Waals surface area (Å²) < 4.78 is 1.82. The summed E-state index contributed by atoms with van der Waals surface area (Å²) >= 11 is 0. The van der Waals surface area contributed by atoms with E-state index in [1.165, 1.54) is 5.56 Å². The van der Waals surface area contributed by atoms with Crippen LogP contribution in [0.3, 0.4) is 0 Å². The van der Waals surface area contributed by atoms with Crippen LogP contribution in [-0.4, -0.2) is 20.7 Å². The first-order chi connectivity index (χ1) is 14.0. The van der Waals surface area contributed by atoms with E-state index in [0.717, 1.165) is 16.6 Å². The summed E-state index contributed by atoms with van der Waals surface area (Å²) in [6, 6.07) is 17.3. The SMILES string of the molecule is CC(C)c1ccc(C(=O)Nc2cccnc2Nc2ccc3cnn(C)c3c2)cc1. The summed E-state index contributed by atoms with van der Waals surface area (Å²) in [5, 5.41) is 11.6. The molecule has 146 valence electrons. The molecule has 0 saturated heterocycles. The predicted molar refractivity (Wildman–Crippen MR) is 117 cm³/mol. The Labute approximate surface area is 169 Å². The number of aromatic nitrogens is 3. The van der Waals surface area contributed by atoms with E-state index in [2.05, 4.69) is 34.6 Å². The number of amides is 1. The summed E-state index contributed by atoms with van der Waals surface area (Å²) in [6.45, 7) is 4.26. The Morgan fingerprint density at radius 3 is 2.62 bits per heavy atom. The smallest absolute Gasteiger partial charge is 0.255 e. The van der Waals surface area contributed by atoms with Crippen LogP contribution in [-0.2, 0) is 7.05 Å². The van der Waals surface area contributed by atoms with Crippen molar-refractivity contribution in [3.63, 3.8) is 0 Å². The minimum atomic E-state index is -0.168. The van der Waals surface area contributed by atoms with Gasteiger partial charge in [0.25, 0.3) is 5.91 Å². The second-order valence-corrected chi connectivity index (χ2v) is 7.30. The lowest BCUT2D eigenvalue weighted by Crippen LogP contribution is -2.13. The van der Waals surface area contributed by atoms with Crippen molar-refractivity contribution in [1.82, 2.24) is 14.8 Å². The number of benzene rings is 2. The number of rotatable bonds is 5. The van der Waals surface area contributed by atoms with Crippen LogP contribution in [0.2, 0.25) is 0 Å². The van der Waals surface area contributed by atoms with Gasteiger partial charge in [-0.25, -0.2) is 4.98 Å². The first-order valence-electron chi connectivity index (χ1n) is 9.56. The molecule has 0 fully saturated rings. The van der Waals surface area contributed by atoms with Crippen LogP contribution >= 0.6 is 0 Å². The van der Waals surface area contributed by atoms with Crippen molar-refractivity contribution in [3.05, 3.63) is 78.1 Å².